The number of carbonyl (C=O) groups excluding carboxylic acids is 1. The van der Waals surface area contributed by atoms with Crippen LogP contribution >= 0.6 is 0 Å². The Balaban J connectivity index is 2.70. The molecule has 0 saturated heterocycles. The van der Waals surface area contributed by atoms with Gasteiger partial charge in [0.25, 0.3) is 0 Å². The summed E-state index contributed by atoms with van der Waals surface area (Å²) in [5.74, 6) is 0.759. The van der Waals surface area contributed by atoms with E-state index in [1.54, 1.807) is 6.92 Å². The van der Waals surface area contributed by atoms with Gasteiger partial charge >= 0.3 is 0 Å². The molecule has 0 spiro atoms. The monoisotopic (exact) mass is 152 g/mol. The maximum absolute atomic E-state index is 11.1. The maximum atomic E-state index is 11.1. The topological polar surface area (TPSA) is 17.1 Å². The molecule has 0 amide bonds. The van der Waals surface area contributed by atoms with Gasteiger partial charge in [-0.1, -0.05) is 19.4 Å². The second kappa shape index (κ2) is 3.70. The summed E-state index contributed by atoms with van der Waals surface area (Å²) < 4.78 is 0. The summed E-state index contributed by atoms with van der Waals surface area (Å²) in [7, 11) is 0. The lowest BCUT2D eigenvalue weighted by Crippen LogP contribution is -2.05. The van der Waals surface area contributed by atoms with E-state index < -0.39 is 0 Å². The van der Waals surface area contributed by atoms with Crippen LogP contribution < -0.4 is 0 Å². The molecule has 0 radical (unpaired) electrons. The van der Waals surface area contributed by atoms with Crippen molar-refractivity contribution in [2.24, 2.45) is 5.92 Å². The van der Waals surface area contributed by atoms with Crippen molar-refractivity contribution in [3.05, 3.63) is 11.6 Å². The number of allylic oxidation sites excluding steroid dienone is 2. The fraction of sp³-hybridized carbons (Fsp3) is 0.700. The first kappa shape index (κ1) is 8.51. The van der Waals surface area contributed by atoms with Gasteiger partial charge in [-0.05, 0) is 37.7 Å². The standard InChI is InChI=1S/C10H16O/c1-8-6-4-3-5-7-10(8)9(2)11/h7-8H,3-6H2,1-2H3. The van der Waals surface area contributed by atoms with Crippen molar-refractivity contribution in [2.75, 3.05) is 0 Å². The van der Waals surface area contributed by atoms with Gasteiger partial charge in [0, 0.05) is 0 Å². The molecule has 1 rings (SSSR count). The second-order valence-electron chi connectivity index (χ2n) is 3.40. The molecule has 0 aliphatic heterocycles. The van der Waals surface area contributed by atoms with Gasteiger partial charge in [-0.3, -0.25) is 4.79 Å². The molecule has 0 aromatic heterocycles. The highest BCUT2D eigenvalue weighted by atomic mass is 16.1. The molecule has 1 atom stereocenters. The molecule has 62 valence electrons. The van der Waals surface area contributed by atoms with Gasteiger partial charge in [0.05, 0.1) is 0 Å². The number of Topliss-reactive ketones (excluding diaryl/α,β-unsaturated/α-hetero) is 1. The Bertz CT molecular complexity index is 179. The molecule has 1 nitrogen and oxygen atoms in total. The number of rotatable bonds is 1. The van der Waals surface area contributed by atoms with Crippen LogP contribution in [0.25, 0.3) is 0 Å². The predicted octanol–water partition coefficient (Wildman–Crippen LogP) is 2.71. The van der Waals surface area contributed by atoms with Crippen LogP contribution in [0, 0.1) is 5.92 Å². The van der Waals surface area contributed by atoms with Crippen molar-refractivity contribution in [1.82, 2.24) is 0 Å². The third-order valence-corrected chi connectivity index (χ3v) is 2.39. The maximum Gasteiger partial charge on any atom is 0.155 e. The average molecular weight is 152 g/mol. The van der Waals surface area contributed by atoms with Gasteiger partial charge in [-0.15, -0.1) is 0 Å². The Labute approximate surface area is 68.5 Å². The van der Waals surface area contributed by atoms with Gasteiger partial charge in [-0.25, -0.2) is 0 Å². The van der Waals surface area contributed by atoms with E-state index >= 15 is 0 Å². The summed E-state index contributed by atoms with van der Waals surface area (Å²) in [5, 5.41) is 0. The summed E-state index contributed by atoms with van der Waals surface area (Å²) >= 11 is 0. The van der Waals surface area contributed by atoms with E-state index in [1.165, 1.54) is 19.3 Å². The minimum Gasteiger partial charge on any atom is -0.295 e. The van der Waals surface area contributed by atoms with Crippen LogP contribution in [0.3, 0.4) is 0 Å². The molecule has 0 N–H and O–H groups in total. The van der Waals surface area contributed by atoms with E-state index in [2.05, 4.69) is 13.0 Å². The molecular weight excluding hydrogens is 136 g/mol. The molecule has 0 aromatic rings. The highest BCUT2D eigenvalue weighted by Gasteiger charge is 2.14. The van der Waals surface area contributed by atoms with Gasteiger partial charge in [0.1, 0.15) is 0 Å². The summed E-state index contributed by atoms with van der Waals surface area (Å²) in [4.78, 5) is 11.1. The number of ketones is 1. The van der Waals surface area contributed by atoms with Crippen LogP contribution in [0.5, 0.6) is 0 Å². The normalized spacial score (nSPS) is 25.6. The third kappa shape index (κ3) is 2.18. The lowest BCUT2D eigenvalue weighted by atomic mass is 9.95. The van der Waals surface area contributed by atoms with Gasteiger partial charge in [-0.2, -0.15) is 0 Å². The first-order valence-electron chi connectivity index (χ1n) is 4.43. The minimum atomic E-state index is 0.263. The van der Waals surface area contributed by atoms with Crippen molar-refractivity contribution in [1.29, 1.82) is 0 Å². The molecular formula is C10H16O. The number of hydrogen-bond donors (Lipinski definition) is 0. The van der Waals surface area contributed by atoms with Crippen LogP contribution in [0.1, 0.15) is 39.5 Å². The Morgan fingerprint density at radius 3 is 2.91 bits per heavy atom. The Morgan fingerprint density at radius 2 is 2.27 bits per heavy atom. The molecule has 1 unspecified atom stereocenters. The highest BCUT2D eigenvalue weighted by Crippen LogP contribution is 2.23. The highest BCUT2D eigenvalue weighted by molar-refractivity contribution is 5.93. The quantitative estimate of drug-likeness (QED) is 0.564. The van der Waals surface area contributed by atoms with Crippen molar-refractivity contribution < 1.29 is 4.79 Å². The Morgan fingerprint density at radius 1 is 1.55 bits per heavy atom. The van der Waals surface area contributed by atoms with Crippen LogP contribution in [0.15, 0.2) is 11.6 Å². The lowest BCUT2D eigenvalue weighted by Gasteiger charge is -2.09. The molecule has 1 heteroatoms. The second-order valence-corrected chi connectivity index (χ2v) is 3.40. The van der Waals surface area contributed by atoms with Crippen molar-refractivity contribution in [3.8, 4) is 0 Å². The molecule has 0 saturated carbocycles. The molecule has 11 heavy (non-hydrogen) atoms. The SMILES string of the molecule is CC(=O)C1=CCCCCC1C. The van der Waals surface area contributed by atoms with E-state index in [-0.39, 0.29) is 5.78 Å². The summed E-state index contributed by atoms with van der Waals surface area (Å²) in [6.45, 7) is 3.83. The molecule has 1 aliphatic carbocycles. The van der Waals surface area contributed by atoms with Gasteiger partial charge in [0.15, 0.2) is 5.78 Å². The van der Waals surface area contributed by atoms with Crippen molar-refractivity contribution in [2.45, 2.75) is 39.5 Å². The van der Waals surface area contributed by atoms with Gasteiger partial charge in [0.2, 0.25) is 0 Å². The minimum absolute atomic E-state index is 0.263. The van der Waals surface area contributed by atoms with Crippen LogP contribution in [0.2, 0.25) is 0 Å². The zero-order valence-corrected chi connectivity index (χ0v) is 7.39. The predicted molar refractivity (Wildman–Crippen MR) is 46.4 cm³/mol. The van der Waals surface area contributed by atoms with Crippen LogP contribution in [0.4, 0.5) is 0 Å². The zero-order chi connectivity index (χ0) is 8.27. The molecule has 0 bridgehead atoms. The van der Waals surface area contributed by atoms with Crippen molar-refractivity contribution in [3.63, 3.8) is 0 Å². The number of hydrogen-bond acceptors (Lipinski definition) is 1. The number of carbonyl (C=O) groups is 1. The lowest BCUT2D eigenvalue weighted by molar-refractivity contribution is -0.114. The summed E-state index contributed by atoms with van der Waals surface area (Å²) in [6, 6.07) is 0. The van der Waals surface area contributed by atoms with E-state index in [0.717, 1.165) is 12.0 Å². The third-order valence-electron chi connectivity index (χ3n) is 2.39. The van der Waals surface area contributed by atoms with E-state index in [1.807, 2.05) is 0 Å². The summed E-state index contributed by atoms with van der Waals surface area (Å²) in [6.07, 6.45) is 6.93. The largest absolute Gasteiger partial charge is 0.295 e. The summed E-state index contributed by atoms with van der Waals surface area (Å²) in [5.41, 5.74) is 1.06. The fourth-order valence-corrected chi connectivity index (χ4v) is 1.70. The smallest absolute Gasteiger partial charge is 0.155 e. The first-order chi connectivity index (χ1) is 5.22. The average Bonchev–Trinajstić information content (AvgIpc) is 2.13. The van der Waals surface area contributed by atoms with E-state index in [4.69, 9.17) is 0 Å². The van der Waals surface area contributed by atoms with E-state index in [9.17, 15) is 4.79 Å². The molecule has 0 heterocycles. The zero-order valence-electron chi connectivity index (χ0n) is 7.39. The van der Waals surface area contributed by atoms with Gasteiger partial charge < -0.3 is 0 Å². The fourth-order valence-electron chi connectivity index (χ4n) is 1.70. The molecule has 0 fully saturated rings. The molecule has 0 aromatic carbocycles. The van der Waals surface area contributed by atoms with Crippen LogP contribution in [-0.4, -0.2) is 5.78 Å². The van der Waals surface area contributed by atoms with Crippen LogP contribution in [-0.2, 0) is 4.79 Å². The van der Waals surface area contributed by atoms with Crippen molar-refractivity contribution >= 4 is 5.78 Å². The first-order valence-corrected chi connectivity index (χ1v) is 4.43. The Hall–Kier alpha value is -0.590. The Kier molecular flexibility index (Phi) is 2.86. The molecule has 1 aliphatic rings. The van der Waals surface area contributed by atoms with E-state index in [0.29, 0.717) is 5.92 Å².